The van der Waals surface area contributed by atoms with E-state index >= 15 is 0 Å². The van der Waals surface area contributed by atoms with Crippen LogP contribution in [0.15, 0.2) is 16.7 Å². The summed E-state index contributed by atoms with van der Waals surface area (Å²) in [4.78, 5) is 16.3. The molecular weight excluding hydrogens is 370 g/mol. The van der Waals surface area contributed by atoms with Crippen LogP contribution < -0.4 is 14.8 Å². The first-order valence-electron chi connectivity index (χ1n) is 9.14. The second kappa shape index (κ2) is 10.8. The molecule has 0 aliphatic carbocycles. The van der Waals surface area contributed by atoms with Crippen molar-refractivity contribution in [2.45, 2.75) is 52.5 Å². The number of rotatable bonds is 11. The van der Waals surface area contributed by atoms with Gasteiger partial charge in [-0.3, -0.25) is 4.79 Å². The van der Waals surface area contributed by atoms with Gasteiger partial charge >= 0.3 is 0 Å². The number of benzene rings is 1. The van der Waals surface area contributed by atoms with Gasteiger partial charge in [0.15, 0.2) is 17.3 Å². The highest BCUT2D eigenvalue weighted by atomic mass is 35.5. The van der Waals surface area contributed by atoms with Gasteiger partial charge in [0.05, 0.1) is 18.7 Å². The lowest BCUT2D eigenvalue weighted by atomic mass is 10.2. The summed E-state index contributed by atoms with van der Waals surface area (Å²) in [6.45, 7) is 4.80. The number of methoxy groups -OCH3 is 1. The number of aromatic nitrogens is 2. The number of aryl methyl sites for hydroxylation is 2. The molecule has 0 radical (unpaired) electrons. The van der Waals surface area contributed by atoms with E-state index in [0.29, 0.717) is 54.8 Å². The van der Waals surface area contributed by atoms with Gasteiger partial charge in [-0.05, 0) is 37.5 Å². The molecule has 7 nitrogen and oxygen atoms in total. The maximum Gasteiger partial charge on any atom is 0.226 e. The lowest BCUT2D eigenvalue weighted by Gasteiger charge is -2.13. The molecule has 0 aliphatic rings. The fourth-order valence-electron chi connectivity index (χ4n) is 2.57. The summed E-state index contributed by atoms with van der Waals surface area (Å²) in [6.07, 6.45) is 3.40. The van der Waals surface area contributed by atoms with Crippen LogP contribution in [0.5, 0.6) is 11.5 Å². The van der Waals surface area contributed by atoms with Gasteiger partial charge in [0, 0.05) is 25.8 Å². The molecule has 0 saturated heterocycles. The molecule has 0 saturated carbocycles. The standard InChI is InChI=1S/C19H26ClN3O4/c1-4-7-16-22-18(27-23-16)9-6-8-17(24)21-12-13-10-14(20)19(26-5-2)15(11-13)25-3/h10-11H,4-9,12H2,1-3H3,(H,21,24). The molecule has 0 fully saturated rings. The largest absolute Gasteiger partial charge is 0.493 e. The summed E-state index contributed by atoms with van der Waals surface area (Å²) >= 11 is 6.24. The van der Waals surface area contributed by atoms with Crippen LogP contribution in [-0.2, 0) is 24.2 Å². The van der Waals surface area contributed by atoms with Gasteiger partial charge in [-0.15, -0.1) is 0 Å². The molecule has 1 amide bonds. The van der Waals surface area contributed by atoms with Gasteiger partial charge in [0.1, 0.15) is 0 Å². The van der Waals surface area contributed by atoms with Crippen molar-refractivity contribution in [3.63, 3.8) is 0 Å². The number of ether oxygens (including phenoxy) is 2. The summed E-state index contributed by atoms with van der Waals surface area (Å²) in [7, 11) is 1.56. The molecule has 0 atom stereocenters. The molecule has 0 unspecified atom stereocenters. The van der Waals surface area contributed by atoms with Crippen LogP contribution in [0.2, 0.25) is 5.02 Å². The number of nitrogens with one attached hydrogen (secondary N) is 1. The number of nitrogens with zero attached hydrogens (tertiary/aromatic N) is 2. The molecule has 2 rings (SSSR count). The van der Waals surface area contributed by atoms with Gasteiger partial charge in [0.2, 0.25) is 11.8 Å². The highest BCUT2D eigenvalue weighted by molar-refractivity contribution is 6.32. The van der Waals surface area contributed by atoms with Crippen molar-refractivity contribution in [1.29, 1.82) is 0 Å². The van der Waals surface area contributed by atoms with Crippen molar-refractivity contribution in [1.82, 2.24) is 15.5 Å². The zero-order chi connectivity index (χ0) is 19.6. The molecule has 2 aromatic rings. The van der Waals surface area contributed by atoms with Crippen molar-refractivity contribution in [2.75, 3.05) is 13.7 Å². The zero-order valence-corrected chi connectivity index (χ0v) is 16.8. The number of halogens is 1. The predicted molar refractivity (Wildman–Crippen MR) is 102 cm³/mol. The minimum absolute atomic E-state index is 0.0488. The van der Waals surface area contributed by atoms with E-state index in [4.69, 9.17) is 25.6 Å². The first-order valence-corrected chi connectivity index (χ1v) is 9.52. The number of hydrogen-bond acceptors (Lipinski definition) is 6. The monoisotopic (exact) mass is 395 g/mol. The molecule has 8 heteroatoms. The normalized spacial score (nSPS) is 10.7. The Balaban J connectivity index is 1.80. The zero-order valence-electron chi connectivity index (χ0n) is 16.0. The van der Waals surface area contributed by atoms with Crippen molar-refractivity contribution >= 4 is 17.5 Å². The van der Waals surface area contributed by atoms with Crippen molar-refractivity contribution in [3.8, 4) is 11.5 Å². The topological polar surface area (TPSA) is 86.5 Å². The third kappa shape index (κ3) is 6.43. The molecule has 1 heterocycles. The van der Waals surface area contributed by atoms with E-state index in [-0.39, 0.29) is 5.91 Å². The van der Waals surface area contributed by atoms with E-state index in [1.807, 2.05) is 13.0 Å². The Bertz CT molecular complexity index is 749. The van der Waals surface area contributed by atoms with Crippen molar-refractivity contribution < 1.29 is 18.8 Å². The molecule has 1 aromatic heterocycles. The Morgan fingerprint density at radius 3 is 2.81 bits per heavy atom. The third-order valence-electron chi connectivity index (χ3n) is 3.85. The van der Waals surface area contributed by atoms with Crippen LogP contribution in [0.4, 0.5) is 0 Å². The highest BCUT2D eigenvalue weighted by Gasteiger charge is 2.12. The quantitative estimate of drug-likeness (QED) is 0.624. The van der Waals surface area contributed by atoms with Crippen LogP contribution in [0, 0.1) is 0 Å². The molecule has 1 N–H and O–H groups in total. The van der Waals surface area contributed by atoms with E-state index in [1.54, 1.807) is 13.2 Å². The number of amides is 1. The highest BCUT2D eigenvalue weighted by Crippen LogP contribution is 2.36. The molecule has 0 aliphatic heterocycles. The predicted octanol–water partition coefficient (Wildman–Crippen LogP) is 3.72. The average Bonchev–Trinajstić information content (AvgIpc) is 3.09. The van der Waals surface area contributed by atoms with E-state index in [1.165, 1.54) is 0 Å². The van der Waals surface area contributed by atoms with Crippen LogP contribution in [0.3, 0.4) is 0 Å². The van der Waals surface area contributed by atoms with Gasteiger partial charge < -0.3 is 19.3 Å². The Kier molecular flexibility index (Phi) is 8.39. The molecule has 0 spiro atoms. The Hall–Kier alpha value is -2.28. The summed E-state index contributed by atoms with van der Waals surface area (Å²) in [6, 6.07) is 3.58. The fourth-order valence-corrected chi connectivity index (χ4v) is 2.85. The van der Waals surface area contributed by atoms with Crippen LogP contribution in [-0.4, -0.2) is 29.8 Å². The van der Waals surface area contributed by atoms with E-state index < -0.39 is 0 Å². The summed E-state index contributed by atoms with van der Waals surface area (Å²) in [5.41, 5.74) is 0.842. The Morgan fingerprint density at radius 2 is 2.11 bits per heavy atom. The van der Waals surface area contributed by atoms with Crippen LogP contribution in [0.25, 0.3) is 0 Å². The first-order chi connectivity index (χ1) is 13.1. The fraction of sp³-hybridized carbons (Fsp3) is 0.526. The maximum atomic E-state index is 12.1. The lowest BCUT2D eigenvalue weighted by molar-refractivity contribution is -0.121. The van der Waals surface area contributed by atoms with E-state index in [0.717, 1.165) is 24.2 Å². The Morgan fingerprint density at radius 1 is 1.30 bits per heavy atom. The van der Waals surface area contributed by atoms with Crippen LogP contribution in [0.1, 0.15) is 50.4 Å². The maximum absolute atomic E-state index is 12.1. The summed E-state index contributed by atoms with van der Waals surface area (Å²) in [5, 5.41) is 7.24. The van der Waals surface area contributed by atoms with Crippen molar-refractivity contribution in [2.24, 2.45) is 0 Å². The molecule has 1 aromatic carbocycles. The van der Waals surface area contributed by atoms with E-state index in [9.17, 15) is 4.79 Å². The van der Waals surface area contributed by atoms with E-state index in [2.05, 4.69) is 22.4 Å². The molecular formula is C19H26ClN3O4. The minimum Gasteiger partial charge on any atom is -0.493 e. The van der Waals surface area contributed by atoms with Gasteiger partial charge in [-0.1, -0.05) is 23.7 Å². The Labute approximate surface area is 164 Å². The first kappa shape index (κ1) is 21.0. The van der Waals surface area contributed by atoms with Crippen molar-refractivity contribution in [3.05, 3.63) is 34.4 Å². The van der Waals surface area contributed by atoms with Gasteiger partial charge in [0.25, 0.3) is 0 Å². The number of carbonyl (C=O) groups is 1. The SMILES string of the molecule is CCCc1noc(CCCC(=O)NCc2cc(Cl)c(OCC)c(OC)c2)n1. The molecule has 0 bridgehead atoms. The summed E-state index contributed by atoms with van der Waals surface area (Å²) in [5.74, 6) is 2.31. The second-order valence-electron chi connectivity index (χ2n) is 6.03. The minimum atomic E-state index is -0.0488. The second-order valence-corrected chi connectivity index (χ2v) is 6.43. The lowest BCUT2D eigenvalue weighted by Crippen LogP contribution is -2.22. The number of hydrogen-bond donors (Lipinski definition) is 1. The van der Waals surface area contributed by atoms with Gasteiger partial charge in [-0.2, -0.15) is 4.98 Å². The van der Waals surface area contributed by atoms with Gasteiger partial charge in [-0.25, -0.2) is 0 Å². The summed E-state index contributed by atoms with van der Waals surface area (Å²) < 4.78 is 16.0. The van der Waals surface area contributed by atoms with Crippen LogP contribution >= 0.6 is 11.6 Å². The average molecular weight is 396 g/mol. The third-order valence-corrected chi connectivity index (χ3v) is 4.13. The number of carbonyl (C=O) groups excluding carboxylic acids is 1. The molecule has 148 valence electrons. The molecule has 27 heavy (non-hydrogen) atoms. The smallest absolute Gasteiger partial charge is 0.226 e.